The average molecular weight is 306 g/mol. The molecule has 0 fully saturated rings. The van der Waals surface area contributed by atoms with Crippen LogP contribution in [0.15, 0.2) is 33.8 Å². The van der Waals surface area contributed by atoms with Gasteiger partial charge in [0.05, 0.1) is 12.8 Å². The van der Waals surface area contributed by atoms with E-state index in [1.807, 2.05) is 0 Å². The van der Waals surface area contributed by atoms with E-state index in [0.717, 1.165) is 0 Å². The largest absolute Gasteiger partial charge is 0.499 e. The number of nitrogens with zero attached hydrogens (tertiary/aromatic N) is 3. The highest BCUT2D eigenvalue weighted by atomic mass is 35.5. The maximum absolute atomic E-state index is 13.8. The smallest absolute Gasteiger partial charge is 0.200 e. The summed E-state index contributed by atoms with van der Waals surface area (Å²) in [4.78, 5) is 9.29. The molecular weight excluding hydrogens is 285 g/mol. The molecule has 1 atom stereocenters. The van der Waals surface area contributed by atoms with Crippen molar-refractivity contribution in [2.75, 3.05) is 28.3 Å². The van der Waals surface area contributed by atoms with Crippen LogP contribution in [-0.4, -0.2) is 51.0 Å². The molecule has 114 valence electrons. The first-order valence-electron chi connectivity index (χ1n) is 5.87. The Morgan fingerprint density at radius 3 is 2.55 bits per heavy atom. The summed E-state index contributed by atoms with van der Waals surface area (Å²) in [5, 5.41) is 0.129. The molecule has 0 N–H and O–H groups in total. The van der Waals surface area contributed by atoms with Crippen molar-refractivity contribution in [1.29, 1.82) is 0 Å². The van der Waals surface area contributed by atoms with Gasteiger partial charge in [-0.2, -0.15) is 0 Å². The van der Waals surface area contributed by atoms with Crippen LogP contribution in [0.4, 0.5) is 4.39 Å². The summed E-state index contributed by atoms with van der Waals surface area (Å²) in [6.07, 6.45) is 0.850. The van der Waals surface area contributed by atoms with Gasteiger partial charge in [-0.25, -0.2) is 9.38 Å². The topological polar surface area (TPSA) is 46.4 Å². The van der Waals surface area contributed by atoms with Gasteiger partial charge >= 0.3 is 0 Å². The summed E-state index contributed by atoms with van der Waals surface area (Å²) in [7, 11) is 6.11. The molecule has 0 radical (unpaired) electrons. The predicted molar refractivity (Wildman–Crippen MR) is 80.8 cm³/mol. The van der Waals surface area contributed by atoms with Crippen LogP contribution in [0.25, 0.3) is 0 Å². The lowest BCUT2D eigenvalue weighted by atomic mass is 10.3. The molecule has 0 saturated carbocycles. The van der Waals surface area contributed by atoms with Crippen LogP contribution >= 0.6 is 11.6 Å². The molecule has 0 aromatic rings. The number of methoxy groups -OCH3 is 2. The number of amidine groups is 1. The summed E-state index contributed by atoms with van der Waals surface area (Å²) in [6.45, 7) is 5.20. The third-order valence-corrected chi connectivity index (χ3v) is 2.90. The van der Waals surface area contributed by atoms with Crippen LogP contribution in [-0.2, 0) is 9.47 Å². The molecule has 0 amide bonds. The van der Waals surface area contributed by atoms with Crippen molar-refractivity contribution in [2.24, 2.45) is 9.98 Å². The van der Waals surface area contributed by atoms with Gasteiger partial charge in [-0.3, -0.25) is 4.99 Å². The minimum absolute atomic E-state index is 0.00719. The van der Waals surface area contributed by atoms with Crippen LogP contribution in [0.2, 0.25) is 0 Å². The van der Waals surface area contributed by atoms with Crippen molar-refractivity contribution in [3.8, 4) is 0 Å². The van der Waals surface area contributed by atoms with Crippen molar-refractivity contribution in [2.45, 2.75) is 19.6 Å². The van der Waals surface area contributed by atoms with Crippen LogP contribution in [0.5, 0.6) is 0 Å². The zero-order valence-electron chi connectivity index (χ0n) is 12.5. The van der Waals surface area contributed by atoms with E-state index in [2.05, 4.69) is 16.6 Å². The van der Waals surface area contributed by atoms with Crippen LogP contribution in [0.1, 0.15) is 13.3 Å². The molecule has 0 aliphatic carbocycles. The van der Waals surface area contributed by atoms with E-state index in [-0.39, 0.29) is 17.5 Å². The molecule has 0 aliphatic heterocycles. The highest BCUT2D eigenvalue weighted by Gasteiger charge is 2.20. The Labute approximate surface area is 124 Å². The summed E-state index contributed by atoms with van der Waals surface area (Å²) in [5.41, 5.74) is 0.392. The first-order chi connectivity index (χ1) is 9.37. The van der Waals surface area contributed by atoms with E-state index in [1.54, 1.807) is 14.1 Å². The average Bonchev–Trinajstić information content (AvgIpc) is 2.42. The summed E-state index contributed by atoms with van der Waals surface area (Å²) in [5.74, 6) is -0.208. The lowest BCUT2D eigenvalue weighted by Crippen LogP contribution is -2.36. The monoisotopic (exact) mass is 305 g/mol. The van der Waals surface area contributed by atoms with E-state index in [4.69, 9.17) is 21.1 Å². The van der Waals surface area contributed by atoms with E-state index in [0.29, 0.717) is 5.70 Å². The first-order valence-corrected chi connectivity index (χ1v) is 6.25. The number of rotatable bonds is 7. The lowest BCUT2D eigenvalue weighted by molar-refractivity contribution is 0.0167. The second kappa shape index (κ2) is 9.50. The standard InChI is InChI=1S/C13H21ClFN3O2/c1-9(8-16-3)17-13(14)18(4)12(20-6)7-11(15)10(2)19-5/h8,12H,1,7H2,2-6H3/b11-10-,16-8-,17-13-. The Morgan fingerprint density at radius 2 is 2.10 bits per heavy atom. The van der Waals surface area contributed by atoms with Gasteiger partial charge in [0.25, 0.3) is 0 Å². The minimum Gasteiger partial charge on any atom is -0.499 e. The van der Waals surface area contributed by atoms with Crippen molar-refractivity contribution in [1.82, 2.24) is 4.90 Å². The summed E-state index contributed by atoms with van der Waals surface area (Å²) in [6, 6.07) is 0. The second-order valence-electron chi connectivity index (χ2n) is 3.93. The van der Waals surface area contributed by atoms with E-state index >= 15 is 0 Å². The molecular formula is C13H21ClFN3O2. The number of aliphatic imine (C=N–C) groups is 2. The normalized spacial score (nSPS) is 15.1. The Balaban J connectivity index is 4.94. The molecule has 1 unspecified atom stereocenters. The molecule has 5 nitrogen and oxygen atoms in total. The molecule has 0 rings (SSSR count). The fourth-order valence-electron chi connectivity index (χ4n) is 1.28. The number of hydrogen-bond acceptors (Lipinski definition) is 4. The molecule has 20 heavy (non-hydrogen) atoms. The zero-order chi connectivity index (χ0) is 15.7. The van der Waals surface area contributed by atoms with Crippen molar-refractivity contribution in [3.05, 3.63) is 23.9 Å². The number of ether oxygens (including phenoxy) is 2. The predicted octanol–water partition coefficient (Wildman–Crippen LogP) is 2.94. The maximum atomic E-state index is 13.8. The number of hydrogen-bond donors (Lipinski definition) is 0. The van der Waals surface area contributed by atoms with Gasteiger partial charge in [-0.05, 0) is 18.5 Å². The molecule has 7 heteroatoms. The molecule has 0 bridgehead atoms. The van der Waals surface area contributed by atoms with E-state index < -0.39 is 12.1 Å². The molecule has 0 saturated heterocycles. The quantitative estimate of drug-likeness (QED) is 0.239. The first kappa shape index (κ1) is 18.6. The van der Waals surface area contributed by atoms with Gasteiger partial charge in [0.2, 0.25) is 5.29 Å². The highest BCUT2D eigenvalue weighted by molar-refractivity contribution is 6.64. The highest BCUT2D eigenvalue weighted by Crippen LogP contribution is 2.18. The van der Waals surface area contributed by atoms with E-state index in [1.165, 1.54) is 32.3 Å². The second-order valence-corrected chi connectivity index (χ2v) is 4.27. The van der Waals surface area contributed by atoms with Crippen molar-refractivity contribution in [3.63, 3.8) is 0 Å². The van der Waals surface area contributed by atoms with Gasteiger partial charge in [-0.15, -0.1) is 0 Å². The third-order valence-electron chi connectivity index (χ3n) is 2.55. The van der Waals surface area contributed by atoms with Crippen molar-refractivity contribution >= 4 is 23.1 Å². The van der Waals surface area contributed by atoms with Gasteiger partial charge in [0, 0.05) is 33.8 Å². The van der Waals surface area contributed by atoms with E-state index in [9.17, 15) is 4.39 Å². The van der Waals surface area contributed by atoms with Crippen LogP contribution in [0.3, 0.4) is 0 Å². The molecule has 0 aromatic heterocycles. The van der Waals surface area contributed by atoms with Gasteiger partial charge in [-0.1, -0.05) is 6.58 Å². The van der Waals surface area contributed by atoms with Gasteiger partial charge < -0.3 is 14.4 Å². The lowest BCUT2D eigenvalue weighted by Gasteiger charge is -2.26. The SMILES string of the molecule is C=C(/C=N\C)/N=C(/Cl)N(C)C(C/C(F)=C(\C)OC)OC. The van der Waals surface area contributed by atoms with Gasteiger partial charge in [0.1, 0.15) is 17.8 Å². The number of allylic oxidation sites excluding steroid dienone is 2. The summed E-state index contributed by atoms with van der Waals surface area (Å²) >= 11 is 6.04. The third kappa shape index (κ3) is 6.16. The summed E-state index contributed by atoms with van der Waals surface area (Å²) < 4.78 is 23.8. The van der Waals surface area contributed by atoms with Crippen LogP contribution in [0, 0.1) is 0 Å². The minimum atomic E-state index is -0.609. The Bertz CT molecular complexity index is 422. The maximum Gasteiger partial charge on any atom is 0.200 e. The fourth-order valence-corrected chi connectivity index (χ4v) is 1.50. The van der Waals surface area contributed by atoms with Crippen LogP contribution < -0.4 is 0 Å². The Kier molecular flexibility index (Phi) is 8.83. The fraction of sp³-hybridized carbons (Fsp3) is 0.538. The Morgan fingerprint density at radius 1 is 1.50 bits per heavy atom. The number of halogens is 2. The molecule has 0 heterocycles. The van der Waals surface area contributed by atoms with Gasteiger partial charge in [0.15, 0.2) is 0 Å². The molecule has 0 aromatic carbocycles. The molecule has 0 spiro atoms. The van der Waals surface area contributed by atoms with Crippen molar-refractivity contribution < 1.29 is 13.9 Å². The Hall–Kier alpha value is -1.40. The zero-order valence-corrected chi connectivity index (χ0v) is 13.2. The molecule has 0 aliphatic rings.